The molecule has 1 amide bonds. The van der Waals surface area contributed by atoms with Crippen molar-refractivity contribution in [2.45, 2.75) is 12.3 Å². The van der Waals surface area contributed by atoms with Gasteiger partial charge in [-0.1, -0.05) is 21.1 Å². The van der Waals surface area contributed by atoms with Crippen LogP contribution in [0.5, 0.6) is 0 Å². The molecule has 1 atom stereocenters. The van der Waals surface area contributed by atoms with Gasteiger partial charge < -0.3 is 9.42 Å². The van der Waals surface area contributed by atoms with Crippen LogP contribution in [0.4, 0.5) is 0 Å². The molecule has 3 aromatic rings. The lowest BCUT2D eigenvalue weighted by atomic mass is 10.00. The van der Waals surface area contributed by atoms with Gasteiger partial charge in [-0.15, -0.1) is 0 Å². The number of likely N-dealkylation sites (tertiary alicyclic amines) is 1. The molecule has 0 saturated carbocycles. The maximum Gasteiger partial charge on any atom is 0.259 e. The van der Waals surface area contributed by atoms with Gasteiger partial charge >= 0.3 is 0 Å². The van der Waals surface area contributed by atoms with E-state index in [-0.39, 0.29) is 5.91 Å². The fourth-order valence-corrected chi connectivity index (χ4v) is 3.49. The molecule has 1 aliphatic rings. The summed E-state index contributed by atoms with van der Waals surface area (Å²) in [5, 5.41) is 3.85. The number of pyridine rings is 1. The number of carbonyl (C=O) groups excluding carboxylic acids is 1. The molecule has 1 unspecified atom stereocenters. The van der Waals surface area contributed by atoms with Crippen LogP contribution in [0.2, 0.25) is 0 Å². The Morgan fingerprint density at radius 2 is 1.92 bits per heavy atom. The molecule has 1 saturated heterocycles. The molecule has 126 valence electrons. The van der Waals surface area contributed by atoms with Crippen LogP contribution >= 0.6 is 15.9 Å². The maximum atomic E-state index is 13.0. The molecule has 0 N–H and O–H groups in total. The lowest BCUT2D eigenvalue weighted by Gasteiger charge is -2.16. The zero-order valence-electron chi connectivity index (χ0n) is 13.4. The SMILES string of the molecule is O=C(c1cnoc1-c1ccc(Br)cc1)N1CCC(c2ccncc2)C1. The van der Waals surface area contributed by atoms with Crippen molar-refractivity contribution in [1.82, 2.24) is 15.0 Å². The summed E-state index contributed by atoms with van der Waals surface area (Å²) in [5.74, 6) is 0.837. The smallest absolute Gasteiger partial charge is 0.259 e. The van der Waals surface area contributed by atoms with Crippen LogP contribution in [0.1, 0.15) is 28.3 Å². The third-order valence-electron chi connectivity index (χ3n) is 4.56. The van der Waals surface area contributed by atoms with Gasteiger partial charge in [0.05, 0.1) is 6.20 Å². The molecule has 0 bridgehead atoms. The van der Waals surface area contributed by atoms with Crippen LogP contribution in [0.3, 0.4) is 0 Å². The molecule has 3 heterocycles. The maximum absolute atomic E-state index is 13.0. The lowest BCUT2D eigenvalue weighted by molar-refractivity contribution is 0.0791. The molecular weight excluding hydrogens is 382 g/mol. The average molecular weight is 398 g/mol. The third-order valence-corrected chi connectivity index (χ3v) is 5.09. The minimum atomic E-state index is -0.0317. The van der Waals surface area contributed by atoms with Crippen LogP contribution < -0.4 is 0 Å². The first-order valence-electron chi connectivity index (χ1n) is 8.12. The molecule has 5 nitrogen and oxygen atoms in total. The highest BCUT2D eigenvalue weighted by molar-refractivity contribution is 9.10. The number of hydrogen-bond acceptors (Lipinski definition) is 4. The first kappa shape index (κ1) is 16.0. The second kappa shape index (κ2) is 6.80. The molecule has 25 heavy (non-hydrogen) atoms. The highest BCUT2D eigenvalue weighted by Crippen LogP contribution is 2.30. The number of carbonyl (C=O) groups is 1. The van der Waals surface area contributed by atoms with Crippen molar-refractivity contribution in [3.05, 3.63) is 70.6 Å². The van der Waals surface area contributed by atoms with Gasteiger partial charge in [0.2, 0.25) is 0 Å². The van der Waals surface area contributed by atoms with Crippen LogP contribution in [0, 0.1) is 0 Å². The fraction of sp³-hybridized carbons (Fsp3) is 0.211. The van der Waals surface area contributed by atoms with E-state index in [0.29, 0.717) is 23.8 Å². The molecule has 2 aromatic heterocycles. The van der Waals surface area contributed by atoms with Gasteiger partial charge in [-0.05, 0) is 48.4 Å². The Labute approximate surface area is 153 Å². The largest absolute Gasteiger partial charge is 0.355 e. The summed E-state index contributed by atoms with van der Waals surface area (Å²) < 4.78 is 6.34. The van der Waals surface area contributed by atoms with E-state index in [4.69, 9.17) is 4.52 Å². The van der Waals surface area contributed by atoms with Crippen molar-refractivity contribution in [3.8, 4) is 11.3 Å². The topological polar surface area (TPSA) is 59.2 Å². The monoisotopic (exact) mass is 397 g/mol. The average Bonchev–Trinajstić information content (AvgIpc) is 3.32. The molecular formula is C19H16BrN3O2. The molecule has 1 aliphatic heterocycles. The van der Waals surface area contributed by atoms with E-state index >= 15 is 0 Å². The van der Waals surface area contributed by atoms with Gasteiger partial charge in [0.25, 0.3) is 5.91 Å². The minimum Gasteiger partial charge on any atom is -0.355 e. The first-order valence-corrected chi connectivity index (χ1v) is 8.91. The normalized spacial score (nSPS) is 17.0. The molecule has 0 radical (unpaired) electrons. The highest BCUT2D eigenvalue weighted by atomic mass is 79.9. The zero-order chi connectivity index (χ0) is 17.2. The van der Waals surface area contributed by atoms with E-state index in [9.17, 15) is 4.79 Å². The van der Waals surface area contributed by atoms with Gasteiger partial charge in [-0.25, -0.2) is 0 Å². The Balaban J connectivity index is 1.55. The van der Waals surface area contributed by atoms with Crippen molar-refractivity contribution >= 4 is 21.8 Å². The van der Waals surface area contributed by atoms with Gasteiger partial charge in [0.1, 0.15) is 5.56 Å². The minimum absolute atomic E-state index is 0.0317. The number of rotatable bonds is 3. The Morgan fingerprint density at radius 3 is 2.68 bits per heavy atom. The molecule has 1 fully saturated rings. The Morgan fingerprint density at radius 1 is 1.16 bits per heavy atom. The first-order chi connectivity index (χ1) is 12.2. The van der Waals surface area contributed by atoms with E-state index in [1.165, 1.54) is 11.8 Å². The van der Waals surface area contributed by atoms with Crippen LogP contribution in [0.25, 0.3) is 11.3 Å². The number of nitrogens with zero attached hydrogens (tertiary/aromatic N) is 3. The number of hydrogen-bond donors (Lipinski definition) is 0. The van der Waals surface area contributed by atoms with E-state index < -0.39 is 0 Å². The number of halogens is 1. The van der Waals surface area contributed by atoms with E-state index in [1.807, 2.05) is 41.3 Å². The summed E-state index contributed by atoms with van der Waals surface area (Å²) in [6, 6.07) is 11.7. The standard InChI is InChI=1S/C19H16BrN3O2/c20-16-3-1-14(2-4-16)18-17(11-22-25-18)19(24)23-10-7-15(12-23)13-5-8-21-9-6-13/h1-6,8-9,11,15H,7,10,12H2. The molecule has 0 aliphatic carbocycles. The summed E-state index contributed by atoms with van der Waals surface area (Å²) in [5.41, 5.74) is 2.58. The lowest BCUT2D eigenvalue weighted by Crippen LogP contribution is -2.28. The quantitative estimate of drug-likeness (QED) is 0.666. The Kier molecular flexibility index (Phi) is 4.36. The second-order valence-electron chi connectivity index (χ2n) is 6.09. The van der Waals surface area contributed by atoms with Crippen molar-refractivity contribution in [2.75, 3.05) is 13.1 Å². The van der Waals surface area contributed by atoms with Crippen LogP contribution in [-0.4, -0.2) is 34.0 Å². The summed E-state index contributed by atoms with van der Waals surface area (Å²) >= 11 is 3.41. The molecule has 4 rings (SSSR count). The molecule has 0 spiro atoms. The van der Waals surface area contributed by atoms with Crippen LogP contribution in [0.15, 0.2) is 64.0 Å². The third kappa shape index (κ3) is 3.22. The zero-order valence-corrected chi connectivity index (χ0v) is 15.0. The van der Waals surface area contributed by atoms with Gasteiger partial charge in [-0.2, -0.15) is 0 Å². The second-order valence-corrected chi connectivity index (χ2v) is 7.01. The van der Waals surface area contributed by atoms with Crippen molar-refractivity contribution in [1.29, 1.82) is 0 Å². The van der Waals surface area contributed by atoms with Crippen molar-refractivity contribution < 1.29 is 9.32 Å². The van der Waals surface area contributed by atoms with Crippen molar-refractivity contribution in [3.63, 3.8) is 0 Å². The summed E-state index contributed by atoms with van der Waals surface area (Å²) in [6.45, 7) is 1.44. The number of benzene rings is 1. The van der Waals surface area contributed by atoms with Gasteiger partial charge in [0, 0.05) is 41.4 Å². The Bertz CT molecular complexity index is 877. The number of amides is 1. The van der Waals surface area contributed by atoms with Crippen LogP contribution in [-0.2, 0) is 0 Å². The van der Waals surface area contributed by atoms with Gasteiger partial charge in [0.15, 0.2) is 5.76 Å². The summed E-state index contributed by atoms with van der Waals surface area (Å²) in [7, 11) is 0. The molecule has 6 heteroatoms. The summed E-state index contributed by atoms with van der Waals surface area (Å²) in [6.07, 6.45) is 6.06. The van der Waals surface area contributed by atoms with Gasteiger partial charge in [-0.3, -0.25) is 9.78 Å². The fourth-order valence-electron chi connectivity index (χ4n) is 3.22. The predicted molar refractivity (Wildman–Crippen MR) is 97.1 cm³/mol. The number of aromatic nitrogens is 2. The van der Waals surface area contributed by atoms with E-state index in [2.05, 4.69) is 26.1 Å². The highest BCUT2D eigenvalue weighted by Gasteiger charge is 2.30. The van der Waals surface area contributed by atoms with Crippen molar-refractivity contribution in [2.24, 2.45) is 0 Å². The van der Waals surface area contributed by atoms with E-state index in [1.54, 1.807) is 12.4 Å². The Hall–Kier alpha value is -2.47. The summed E-state index contributed by atoms with van der Waals surface area (Å²) in [4.78, 5) is 18.9. The molecule has 1 aromatic carbocycles. The van der Waals surface area contributed by atoms with E-state index in [0.717, 1.165) is 23.0 Å². The predicted octanol–water partition coefficient (Wildman–Crippen LogP) is 4.13.